The minimum absolute atomic E-state index is 0.0750. The van der Waals surface area contributed by atoms with Crippen molar-refractivity contribution in [2.24, 2.45) is 11.1 Å². The number of anilines is 2. The van der Waals surface area contributed by atoms with Crippen molar-refractivity contribution >= 4 is 34.8 Å². The van der Waals surface area contributed by atoms with Crippen molar-refractivity contribution in [3.8, 4) is 11.3 Å². The summed E-state index contributed by atoms with van der Waals surface area (Å²) in [6, 6.07) is 14.2. The third kappa shape index (κ3) is 3.78. The van der Waals surface area contributed by atoms with Crippen molar-refractivity contribution in [2.45, 2.75) is 38.3 Å². The van der Waals surface area contributed by atoms with E-state index < -0.39 is 0 Å². The Morgan fingerprint density at radius 1 is 0.971 bits per heavy atom. The zero-order valence-corrected chi connectivity index (χ0v) is 21.2. The molecule has 0 bridgehead atoms. The van der Waals surface area contributed by atoms with E-state index in [-0.39, 0.29) is 17.6 Å². The van der Waals surface area contributed by atoms with Crippen molar-refractivity contribution < 1.29 is 5.11 Å². The summed E-state index contributed by atoms with van der Waals surface area (Å²) in [6.07, 6.45) is 2.71. The summed E-state index contributed by atoms with van der Waals surface area (Å²) in [5, 5.41) is 11.0. The van der Waals surface area contributed by atoms with Crippen LogP contribution < -0.4 is 15.5 Å². The number of hydrogen-bond donors (Lipinski definition) is 2. The largest absolute Gasteiger partial charge is 0.389 e. The molecule has 3 aromatic rings. The molecule has 6 nitrogen and oxygen atoms in total. The van der Waals surface area contributed by atoms with Gasteiger partial charge in [0, 0.05) is 37.8 Å². The second-order valence-electron chi connectivity index (χ2n) is 10.2. The summed E-state index contributed by atoms with van der Waals surface area (Å²) < 4.78 is 0. The number of nitrogens with two attached hydrogens (primary N) is 1. The molecule has 1 aromatic heterocycles. The van der Waals surface area contributed by atoms with Gasteiger partial charge in [0.1, 0.15) is 0 Å². The highest BCUT2D eigenvalue weighted by Crippen LogP contribution is 2.51. The Morgan fingerprint density at radius 2 is 1.69 bits per heavy atom. The Morgan fingerprint density at radius 3 is 2.40 bits per heavy atom. The Bertz CT molecular complexity index is 1280. The Hall–Kier alpha value is -2.38. The van der Waals surface area contributed by atoms with E-state index in [0.29, 0.717) is 23.1 Å². The first-order valence-electron chi connectivity index (χ1n) is 12.2. The van der Waals surface area contributed by atoms with Gasteiger partial charge in [0.2, 0.25) is 0 Å². The molecule has 6 rings (SSSR count). The zero-order valence-electron chi connectivity index (χ0n) is 19.7. The fourth-order valence-electron chi connectivity index (χ4n) is 5.96. The molecular formula is C27H29Cl2N5O. The maximum atomic E-state index is 10.0. The molecular weight excluding hydrogens is 481 g/mol. The molecule has 3 heterocycles. The van der Waals surface area contributed by atoms with Gasteiger partial charge in [-0.3, -0.25) is 0 Å². The van der Waals surface area contributed by atoms with E-state index in [2.05, 4.69) is 34.1 Å². The second kappa shape index (κ2) is 8.63. The fraction of sp³-hybridized carbons (Fsp3) is 0.407. The third-order valence-corrected chi connectivity index (χ3v) is 8.87. The van der Waals surface area contributed by atoms with Gasteiger partial charge in [-0.15, -0.1) is 0 Å². The van der Waals surface area contributed by atoms with Crippen LogP contribution in [-0.4, -0.2) is 47.4 Å². The van der Waals surface area contributed by atoms with Gasteiger partial charge >= 0.3 is 0 Å². The molecule has 0 amide bonds. The van der Waals surface area contributed by atoms with E-state index in [1.807, 2.05) is 19.1 Å². The molecule has 8 heteroatoms. The number of fused-ring (bicyclic) bond motifs is 1. The van der Waals surface area contributed by atoms with Gasteiger partial charge in [0.05, 0.1) is 27.5 Å². The van der Waals surface area contributed by atoms with Crippen molar-refractivity contribution in [2.75, 3.05) is 36.0 Å². The molecule has 2 aromatic carbocycles. The molecule has 1 atom stereocenters. The van der Waals surface area contributed by atoms with Crippen molar-refractivity contribution in [3.63, 3.8) is 0 Å². The molecule has 182 valence electrons. The highest BCUT2D eigenvalue weighted by Gasteiger charge is 2.46. The zero-order chi connectivity index (χ0) is 24.3. The van der Waals surface area contributed by atoms with Gasteiger partial charge in [-0.1, -0.05) is 59.6 Å². The summed E-state index contributed by atoms with van der Waals surface area (Å²) in [7, 11) is 0. The van der Waals surface area contributed by atoms with Gasteiger partial charge in [0.15, 0.2) is 11.6 Å². The van der Waals surface area contributed by atoms with Crippen LogP contribution in [0.2, 0.25) is 10.0 Å². The summed E-state index contributed by atoms with van der Waals surface area (Å²) in [5.41, 5.74) is 11.9. The molecule has 0 unspecified atom stereocenters. The van der Waals surface area contributed by atoms with E-state index in [9.17, 15) is 5.11 Å². The number of hydrogen-bond acceptors (Lipinski definition) is 6. The molecule has 35 heavy (non-hydrogen) atoms. The number of benzene rings is 2. The molecule has 1 aliphatic carbocycles. The Kier molecular flexibility index (Phi) is 5.68. The van der Waals surface area contributed by atoms with E-state index in [0.717, 1.165) is 60.9 Å². The molecule has 0 radical (unpaired) electrons. The van der Waals surface area contributed by atoms with Crippen LogP contribution in [0.1, 0.15) is 35.7 Å². The molecule has 3 aliphatic rings. The van der Waals surface area contributed by atoms with Crippen LogP contribution in [0.15, 0.2) is 42.5 Å². The van der Waals surface area contributed by atoms with E-state index in [1.54, 1.807) is 6.07 Å². The van der Waals surface area contributed by atoms with Crippen LogP contribution in [0.4, 0.5) is 11.6 Å². The van der Waals surface area contributed by atoms with Gasteiger partial charge in [-0.2, -0.15) is 0 Å². The summed E-state index contributed by atoms with van der Waals surface area (Å²) >= 11 is 12.8. The van der Waals surface area contributed by atoms with Crippen LogP contribution in [0.25, 0.3) is 11.3 Å². The molecule has 2 aliphatic heterocycles. The van der Waals surface area contributed by atoms with E-state index in [4.69, 9.17) is 38.9 Å². The first-order valence-corrected chi connectivity index (χ1v) is 13.0. The predicted molar refractivity (Wildman–Crippen MR) is 141 cm³/mol. The minimum atomic E-state index is -0.344. The topological polar surface area (TPSA) is 78.5 Å². The number of aliphatic hydroxyl groups is 1. The predicted octanol–water partition coefficient (Wildman–Crippen LogP) is 4.78. The van der Waals surface area contributed by atoms with Crippen molar-refractivity contribution in [1.82, 2.24) is 9.97 Å². The minimum Gasteiger partial charge on any atom is -0.389 e. The first kappa shape index (κ1) is 23.0. The number of halogens is 2. The van der Waals surface area contributed by atoms with Crippen LogP contribution in [0.3, 0.4) is 0 Å². The van der Waals surface area contributed by atoms with Crippen molar-refractivity contribution in [1.29, 1.82) is 0 Å². The van der Waals surface area contributed by atoms with Gasteiger partial charge in [-0.05, 0) is 48.8 Å². The Labute approximate surface area is 215 Å². The number of aliphatic hydroxyl groups excluding tert-OH is 1. The van der Waals surface area contributed by atoms with Crippen molar-refractivity contribution in [3.05, 3.63) is 69.3 Å². The number of nitrogens with zero attached hydrogens (tertiary/aromatic N) is 4. The third-order valence-electron chi connectivity index (χ3n) is 8.05. The van der Waals surface area contributed by atoms with E-state index >= 15 is 0 Å². The van der Waals surface area contributed by atoms with E-state index in [1.165, 1.54) is 11.1 Å². The second-order valence-corrected chi connectivity index (χ2v) is 11.0. The average Bonchev–Trinajstić information content (AvgIpc) is 3.11. The molecule has 2 fully saturated rings. The van der Waals surface area contributed by atoms with Gasteiger partial charge < -0.3 is 20.6 Å². The quantitative estimate of drug-likeness (QED) is 0.528. The lowest BCUT2D eigenvalue weighted by atomic mass is 9.73. The number of rotatable bonds is 3. The van der Waals surface area contributed by atoms with Crippen LogP contribution >= 0.6 is 23.2 Å². The average molecular weight is 510 g/mol. The molecule has 1 spiro atoms. The lowest BCUT2D eigenvalue weighted by Gasteiger charge is -2.44. The number of β-amino-alcohol motifs (C(OH)–C–C–N with tert-alkyl or cyclic N) is 1. The molecule has 0 saturated carbocycles. The number of piperidine rings is 1. The number of aromatic nitrogens is 2. The summed E-state index contributed by atoms with van der Waals surface area (Å²) in [6.45, 7) is 4.80. The first-order chi connectivity index (χ1) is 16.9. The normalized spacial score (nSPS) is 21.3. The van der Waals surface area contributed by atoms with Gasteiger partial charge in [0.25, 0.3) is 0 Å². The smallest absolute Gasteiger partial charge is 0.172 e. The molecule has 2 saturated heterocycles. The van der Waals surface area contributed by atoms with Crippen LogP contribution in [-0.2, 0) is 6.42 Å². The lowest BCUT2D eigenvalue weighted by Crippen LogP contribution is -2.52. The summed E-state index contributed by atoms with van der Waals surface area (Å²) in [5.74, 6) is 1.66. The maximum absolute atomic E-state index is 10.0. The lowest BCUT2D eigenvalue weighted by molar-refractivity contribution is 0.141. The fourth-order valence-corrected chi connectivity index (χ4v) is 6.35. The maximum Gasteiger partial charge on any atom is 0.172 e. The Balaban J connectivity index is 1.32. The van der Waals surface area contributed by atoms with Crippen LogP contribution in [0, 0.1) is 12.3 Å². The number of aryl methyl sites for hydroxylation is 1. The van der Waals surface area contributed by atoms with Crippen LogP contribution in [0.5, 0.6) is 0 Å². The monoisotopic (exact) mass is 509 g/mol. The highest BCUT2D eigenvalue weighted by molar-refractivity contribution is 6.43. The SMILES string of the molecule is Cc1nc(N2CCC3(CC2)Cc2ccccc2[C@H]3N)c(N2CC(O)C2)nc1-c1cccc(Cl)c1Cl. The van der Waals surface area contributed by atoms with Gasteiger partial charge in [-0.25, -0.2) is 9.97 Å². The molecule has 3 N–H and O–H groups in total. The standard InChI is InChI=1S/C27H29Cl2N5O/c1-16-23(20-7-4-8-21(28)22(20)29)32-26(34-14-18(35)15-34)25(31-16)33-11-9-27(10-12-33)13-17-5-2-3-6-19(17)24(27)30/h2-8,18,24,35H,9-15,30H2,1H3/t24-/m1/s1. The summed E-state index contributed by atoms with van der Waals surface area (Å²) in [4.78, 5) is 14.5. The highest BCUT2D eigenvalue weighted by atomic mass is 35.5.